The standard InChI is InChI=1S/C5H10O2.C2H4O/c1-4(2)3-5(6)7;1-2-3/h4H,3H2,1-2H3,(H,6,7);2H,1H3. The Labute approximate surface area is 61.1 Å². The Hall–Kier alpha value is -0.860. The van der Waals surface area contributed by atoms with Crippen LogP contribution >= 0.6 is 0 Å². The molecule has 10 heavy (non-hydrogen) atoms. The highest BCUT2D eigenvalue weighted by molar-refractivity contribution is 5.66. The first-order chi connectivity index (χ1) is 4.54. The van der Waals surface area contributed by atoms with E-state index in [0.717, 1.165) is 6.29 Å². The molecule has 0 fully saturated rings. The smallest absolute Gasteiger partial charge is 0.303 e. The fraction of sp³-hybridized carbons (Fsp3) is 0.714. The highest BCUT2D eigenvalue weighted by Crippen LogP contribution is 1.96. The van der Waals surface area contributed by atoms with Crippen molar-refractivity contribution in [1.29, 1.82) is 0 Å². The van der Waals surface area contributed by atoms with Crippen LogP contribution in [-0.4, -0.2) is 17.4 Å². The van der Waals surface area contributed by atoms with E-state index >= 15 is 0 Å². The molecule has 0 atom stereocenters. The normalized spacial score (nSPS) is 8.00. The number of hydrogen-bond donors (Lipinski definition) is 1. The zero-order chi connectivity index (χ0) is 8.57. The van der Waals surface area contributed by atoms with E-state index in [1.807, 2.05) is 13.8 Å². The van der Waals surface area contributed by atoms with E-state index in [0.29, 0.717) is 0 Å². The van der Waals surface area contributed by atoms with Crippen LogP contribution in [0.25, 0.3) is 0 Å². The second-order valence-corrected chi connectivity index (χ2v) is 2.23. The van der Waals surface area contributed by atoms with Gasteiger partial charge in [-0.3, -0.25) is 4.79 Å². The summed E-state index contributed by atoms with van der Waals surface area (Å²) in [6, 6.07) is 0. The molecule has 3 nitrogen and oxygen atoms in total. The summed E-state index contributed by atoms with van der Waals surface area (Å²) in [5, 5.41) is 8.08. The Morgan fingerprint density at radius 3 is 1.90 bits per heavy atom. The first-order valence-electron chi connectivity index (χ1n) is 3.16. The Morgan fingerprint density at radius 2 is 1.90 bits per heavy atom. The summed E-state index contributed by atoms with van der Waals surface area (Å²) in [6.07, 6.45) is 1.03. The number of rotatable bonds is 2. The van der Waals surface area contributed by atoms with E-state index in [4.69, 9.17) is 9.90 Å². The maximum Gasteiger partial charge on any atom is 0.303 e. The van der Waals surface area contributed by atoms with Crippen LogP contribution in [0.3, 0.4) is 0 Å². The number of carbonyl (C=O) groups is 2. The molecule has 0 aliphatic rings. The molecule has 1 N–H and O–H groups in total. The SMILES string of the molecule is CC(C)CC(=O)O.CC=O. The Morgan fingerprint density at radius 1 is 1.60 bits per heavy atom. The molecular weight excluding hydrogens is 132 g/mol. The average molecular weight is 146 g/mol. The van der Waals surface area contributed by atoms with Crippen molar-refractivity contribution in [3.8, 4) is 0 Å². The van der Waals surface area contributed by atoms with Gasteiger partial charge in [0.25, 0.3) is 0 Å². The first kappa shape index (κ1) is 11.9. The van der Waals surface area contributed by atoms with E-state index in [1.165, 1.54) is 6.92 Å². The minimum absolute atomic E-state index is 0.275. The quantitative estimate of drug-likeness (QED) is 0.598. The molecule has 0 aliphatic heterocycles. The molecular formula is C7H14O3. The molecule has 0 amide bonds. The largest absolute Gasteiger partial charge is 0.481 e. The fourth-order valence-electron chi connectivity index (χ4n) is 0.349. The van der Waals surface area contributed by atoms with Crippen LogP contribution in [0.5, 0.6) is 0 Å². The molecule has 3 heteroatoms. The van der Waals surface area contributed by atoms with Crippen LogP contribution < -0.4 is 0 Å². The number of aliphatic carboxylic acids is 1. The Balaban J connectivity index is 0. The summed E-state index contributed by atoms with van der Waals surface area (Å²) in [5.41, 5.74) is 0. The van der Waals surface area contributed by atoms with Crippen molar-refractivity contribution in [2.24, 2.45) is 5.92 Å². The van der Waals surface area contributed by atoms with Gasteiger partial charge in [-0.15, -0.1) is 0 Å². The van der Waals surface area contributed by atoms with Crippen molar-refractivity contribution < 1.29 is 14.7 Å². The summed E-state index contributed by atoms with van der Waals surface area (Å²) < 4.78 is 0. The summed E-state index contributed by atoms with van der Waals surface area (Å²) in [6.45, 7) is 5.21. The summed E-state index contributed by atoms with van der Waals surface area (Å²) in [4.78, 5) is 18.6. The lowest BCUT2D eigenvalue weighted by Crippen LogP contribution is -1.99. The van der Waals surface area contributed by atoms with E-state index in [1.54, 1.807) is 0 Å². The van der Waals surface area contributed by atoms with Gasteiger partial charge in [-0.25, -0.2) is 0 Å². The van der Waals surface area contributed by atoms with Gasteiger partial charge in [0.15, 0.2) is 0 Å². The summed E-state index contributed by atoms with van der Waals surface area (Å²) in [5.74, 6) is -0.438. The number of aldehydes is 1. The van der Waals surface area contributed by atoms with Gasteiger partial charge in [0.1, 0.15) is 6.29 Å². The molecule has 0 rings (SSSR count). The van der Waals surface area contributed by atoms with Crippen molar-refractivity contribution in [3.05, 3.63) is 0 Å². The average Bonchev–Trinajstić information content (AvgIpc) is 1.62. The molecule has 0 heterocycles. The molecule has 0 aromatic rings. The Kier molecular flexibility index (Phi) is 9.67. The minimum Gasteiger partial charge on any atom is -0.481 e. The highest BCUT2D eigenvalue weighted by Gasteiger charge is 1.98. The summed E-state index contributed by atoms with van der Waals surface area (Å²) >= 11 is 0. The third-order valence-electron chi connectivity index (χ3n) is 0.583. The van der Waals surface area contributed by atoms with Crippen LogP contribution in [0.2, 0.25) is 0 Å². The van der Waals surface area contributed by atoms with E-state index in [2.05, 4.69) is 0 Å². The van der Waals surface area contributed by atoms with Crippen molar-refractivity contribution in [2.45, 2.75) is 27.2 Å². The van der Waals surface area contributed by atoms with Crippen LogP contribution in [-0.2, 0) is 9.59 Å². The Bertz CT molecular complexity index is 97.0. The zero-order valence-electron chi connectivity index (χ0n) is 6.63. The van der Waals surface area contributed by atoms with E-state index < -0.39 is 5.97 Å². The van der Waals surface area contributed by atoms with Crippen molar-refractivity contribution >= 4 is 12.3 Å². The van der Waals surface area contributed by atoms with Gasteiger partial charge < -0.3 is 9.90 Å². The first-order valence-corrected chi connectivity index (χ1v) is 3.16. The van der Waals surface area contributed by atoms with Gasteiger partial charge in [-0.2, -0.15) is 0 Å². The highest BCUT2D eigenvalue weighted by atomic mass is 16.4. The predicted molar refractivity (Wildman–Crippen MR) is 38.8 cm³/mol. The molecule has 0 aliphatic carbocycles. The monoisotopic (exact) mass is 146 g/mol. The molecule has 0 saturated heterocycles. The van der Waals surface area contributed by atoms with Crippen LogP contribution in [0.15, 0.2) is 0 Å². The predicted octanol–water partition coefficient (Wildman–Crippen LogP) is 1.32. The van der Waals surface area contributed by atoms with E-state index in [-0.39, 0.29) is 12.3 Å². The van der Waals surface area contributed by atoms with E-state index in [9.17, 15) is 4.79 Å². The maximum atomic E-state index is 9.81. The summed E-state index contributed by atoms with van der Waals surface area (Å²) in [7, 11) is 0. The second kappa shape index (κ2) is 8.14. The van der Waals surface area contributed by atoms with Crippen LogP contribution in [0.1, 0.15) is 27.2 Å². The molecule has 0 unspecified atom stereocenters. The molecule has 0 spiro atoms. The number of carbonyl (C=O) groups excluding carboxylic acids is 1. The molecule has 60 valence electrons. The maximum absolute atomic E-state index is 9.81. The molecule has 0 radical (unpaired) electrons. The third-order valence-corrected chi connectivity index (χ3v) is 0.583. The lowest BCUT2D eigenvalue weighted by Gasteiger charge is -1.94. The van der Waals surface area contributed by atoms with Crippen LogP contribution in [0.4, 0.5) is 0 Å². The number of hydrogen-bond acceptors (Lipinski definition) is 2. The van der Waals surface area contributed by atoms with Crippen LogP contribution in [0, 0.1) is 5.92 Å². The minimum atomic E-state index is -0.713. The number of carboxylic acid groups (broad SMARTS) is 1. The third kappa shape index (κ3) is 27.3. The molecule has 0 aromatic carbocycles. The lowest BCUT2D eigenvalue weighted by atomic mass is 10.1. The van der Waals surface area contributed by atoms with Crippen molar-refractivity contribution in [2.75, 3.05) is 0 Å². The van der Waals surface area contributed by atoms with Gasteiger partial charge >= 0.3 is 5.97 Å². The van der Waals surface area contributed by atoms with Crippen molar-refractivity contribution in [1.82, 2.24) is 0 Å². The van der Waals surface area contributed by atoms with Gasteiger partial charge in [0, 0.05) is 6.42 Å². The van der Waals surface area contributed by atoms with Gasteiger partial charge in [-0.1, -0.05) is 13.8 Å². The lowest BCUT2D eigenvalue weighted by molar-refractivity contribution is -0.137. The number of carboxylic acids is 1. The molecule has 0 bridgehead atoms. The van der Waals surface area contributed by atoms with Gasteiger partial charge in [0.05, 0.1) is 0 Å². The molecule has 0 aromatic heterocycles. The van der Waals surface area contributed by atoms with Gasteiger partial charge in [0.2, 0.25) is 0 Å². The topological polar surface area (TPSA) is 54.4 Å². The zero-order valence-corrected chi connectivity index (χ0v) is 6.63. The van der Waals surface area contributed by atoms with Gasteiger partial charge in [-0.05, 0) is 12.8 Å². The fourth-order valence-corrected chi connectivity index (χ4v) is 0.349. The van der Waals surface area contributed by atoms with Crippen molar-refractivity contribution in [3.63, 3.8) is 0 Å². The molecule has 0 saturated carbocycles. The second-order valence-electron chi connectivity index (χ2n) is 2.23.